The van der Waals surface area contributed by atoms with Crippen LogP contribution in [0.2, 0.25) is 0 Å². The van der Waals surface area contributed by atoms with Crippen molar-refractivity contribution in [3.8, 4) is 0 Å². The minimum Gasteiger partial charge on any atom is -0.481 e. The number of hydrogen-bond acceptors (Lipinski definition) is 1. The van der Waals surface area contributed by atoms with Gasteiger partial charge in [-0.05, 0) is 31.9 Å². The molecule has 0 radical (unpaired) electrons. The van der Waals surface area contributed by atoms with E-state index in [0.29, 0.717) is 0 Å². The molecule has 0 spiro atoms. The van der Waals surface area contributed by atoms with Gasteiger partial charge in [0, 0.05) is 6.92 Å². The first-order chi connectivity index (χ1) is 5.93. The lowest BCUT2D eigenvalue weighted by Gasteiger charge is -1.98. The number of aliphatic carboxylic acids is 1. The van der Waals surface area contributed by atoms with Crippen LogP contribution in [0, 0.1) is 20.8 Å². The van der Waals surface area contributed by atoms with Crippen LogP contribution in [-0.2, 0) is 4.79 Å². The summed E-state index contributed by atoms with van der Waals surface area (Å²) in [6, 6.07) is 6.50. The maximum Gasteiger partial charge on any atom is 0.300 e. The number of carboxylic acid groups (broad SMARTS) is 1. The third kappa shape index (κ3) is 5.91. The maximum atomic E-state index is 9.00. The summed E-state index contributed by atoms with van der Waals surface area (Å²) in [6.07, 6.45) is 0. The first-order valence-corrected chi connectivity index (χ1v) is 4.17. The van der Waals surface area contributed by atoms with Gasteiger partial charge in [0.15, 0.2) is 0 Å². The summed E-state index contributed by atoms with van der Waals surface area (Å²) >= 11 is 0. The van der Waals surface area contributed by atoms with Crippen molar-refractivity contribution < 1.29 is 9.90 Å². The van der Waals surface area contributed by atoms with Gasteiger partial charge in [0.25, 0.3) is 5.97 Å². The number of benzene rings is 1. The van der Waals surface area contributed by atoms with E-state index in [1.54, 1.807) is 0 Å². The van der Waals surface area contributed by atoms with Crippen LogP contribution >= 0.6 is 0 Å². The topological polar surface area (TPSA) is 37.3 Å². The Balaban J connectivity index is 0.000000310. The second kappa shape index (κ2) is 5.36. The minimum absolute atomic E-state index is 0.833. The molecule has 0 saturated heterocycles. The van der Waals surface area contributed by atoms with Gasteiger partial charge in [0.1, 0.15) is 0 Å². The molecule has 2 nitrogen and oxygen atoms in total. The van der Waals surface area contributed by atoms with Gasteiger partial charge in [-0.1, -0.05) is 23.8 Å². The Labute approximate surface area is 79.2 Å². The predicted octanol–water partition coefficient (Wildman–Crippen LogP) is 2.70. The third-order valence-electron chi connectivity index (χ3n) is 1.66. The number of aryl methyl sites for hydroxylation is 3. The molecule has 1 rings (SSSR count). The van der Waals surface area contributed by atoms with Crippen LogP contribution < -0.4 is 0 Å². The fraction of sp³-hybridized carbons (Fsp3) is 0.364. The van der Waals surface area contributed by atoms with E-state index >= 15 is 0 Å². The standard InChI is InChI=1S/C9H12.C2H4O2/c1-7-4-5-8(2)9(3)6-7;1-2(3)4/h4-6H,1-3H3;1H3,(H,3,4). The Hall–Kier alpha value is -1.31. The Morgan fingerprint density at radius 2 is 1.62 bits per heavy atom. The minimum atomic E-state index is -0.833. The van der Waals surface area contributed by atoms with E-state index in [9.17, 15) is 0 Å². The van der Waals surface area contributed by atoms with Crippen LogP contribution in [0.3, 0.4) is 0 Å². The van der Waals surface area contributed by atoms with Crippen LogP contribution in [-0.4, -0.2) is 11.1 Å². The molecule has 0 bridgehead atoms. The SMILES string of the molecule is CC(=O)O.Cc1ccc(C)c(C)c1. The van der Waals surface area contributed by atoms with Crippen LogP contribution in [0.5, 0.6) is 0 Å². The van der Waals surface area contributed by atoms with Gasteiger partial charge < -0.3 is 5.11 Å². The van der Waals surface area contributed by atoms with Crippen molar-refractivity contribution >= 4 is 5.97 Å². The normalized spacial score (nSPS) is 8.62. The van der Waals surface area contributed by atoms with Gasteiger partial charge in [-0.2, -0.15) is 0 Å². The molecule has 2 heteroatoms. The Kier molecular flexibility index (Phi) is 4.82. The highest BCUT2D eigenvalue weighted by molar-refractivity contribution is 5.62. The molecule has 0 aliphatic carbocycles. The molecule has 0 heterocycles. The molecule has 0 aromatic heterocycles. The number of hydrogen-bond donors (Lipinski definition) is 1. The van der Waals surface area contributed by atoms with E-state index < -0.39 is 5.97 Å². The first-order valence-electron chi connectivity index (χ1n) is 4.17. The molecule has 13 heavy (non-hydrogen) atoms. The van der Waals surface area contributed by atoms with Crippen molar-refractivity contribution in [1.29, 1.82) is 0 Å². The lowest BCUT2D eigenvalue weighted by Crippen LogP contribution is -1.79. The van der Waals surface area contributed by atoms with Crippen LogP contribution in [0.25, 0.3) is 0 Å². The molecular formula is C11H16O2. The van der Waals surface area contributed by atoms with E-state index in [0.717, 1.165) is 6.92 Å². The highest BCUT2D eigenvalue weighted by Crippen LogP contribution is 2.07. The highest BCUT2D eigenvalue weighted by Gasteiger charge is 1.89. The molecule has 1 aromatic rings. The van der Waals surface area contributed by atoms with Gasteiger partial charge in [-0.25, -0.2) is 0 Å². The summed E-state index contributed by atoms with van der Waals surface area (Å²) in [5.74, 6) is -0.833. The van der Waals surface area contributed by atoms with Gasteiger partial charge >= 0.3 is 0 Å². The van der Waals surface area contributed by atoms with Gasteiger partial charge in [0.05, 0.1) is 0 Å². The lowest BCUT2D eigenvalue weighted by atomic mass is 10.1. The predicted molar refractivity (Wildman–Crippen MR) is 54.0 cm³/mol. The van der Waals surface area contributed by atoms with Crippen LogP contribution in [0.15, 0.2) is 18.2 Å². The molecular weight excluding hydrogens is 164 g/mol. The quantitative estimate of drug-likeness (QED) is 0.666. The van der Waals surface area contributed by atoms with Crippen molar-refractivity contribution in [1.82, 2.24) is 0 Å². The number of carbonyl (C=O) groups is 1. The zero-order chi connectivity index (χ0) is 10.4. The van der Waals surface area contributed by atoms with E-state index in [4.69, 9.17) is 9.90 Å². The molecule has 72 valence electrons. The van der Waals surface area contributed by atoms with E-state index in [1.165, 1.54) is 16.7 Å². The van der Waals surface area contributed by atoms with Crippen LogP contribution in [0.4, 0.5) is 0 Å². The van der Waals surface area contributed by atoms with Crippen molar-refractivity contribution in [2.75, 3.05) is 0 Å². The van der Waals surface area contributed by atoms with Gasteiger partial charge in [0.2, 0.25) is 0 Å². The average molecular weight is 180 g/mol. The highest BCUT2D eigenvalue weighted by atomic mass is 16.4. The molecule has 1 N–H and O–H groups in total. The molecule has 1 aromatic carbocycles. The third-order valence-corrected chi connectivity index (χ3v) is 1.66. The zero-order valence-electron chi connectivity index (χ0n) is 8.59. The monoisotopic (exact) mass is 180 g/mol. The van der Waals surface area contributed by atoms with Crippen molar-refractivity contribution in [2.24, 2.45) is 0 Å². The molecule has 0 aliphatic rings. The Bertz CT molecular complexity index is 286. The summed E-state index contributed by atoms with van der Waals surface area (Å²) in [5.41, 5.74) is 4.11. The van der Waals surface area contributed by atoms with Crippen molar-refractivity contribution in [3.05, 3.63) is 34.9 Å². The number of carboxylic acids is 1. The maximum absolute atomic E-state index is 9.00. The van der Waals surface area contributed by atoms with E-state index in [-0.39, 0.29) is 0 Å². The molecule has 0 atom stereocenters. The number of rotatable bonds is 0. The molecule has 0 unspecified atom stereocenters. The lowest BCUT2D eigenvalue weighted by molar-refractivity contribution is -0.134. The molecule has 0 amide bonds. The van der Waals surface area contributed by atoms with Crippen molar-refractivity contribution in [2.45, 2.75) is 27.7 Å². The summed E-state index contributed by atoms with van der Waals surface area (Å²) in [7, 11) is 0. The van der Waals surface area contributed by atoms with Gasteiger partial charge in [-0.3, -0.25) is 4.79 Å². The Morgan fingerprint density at radius 1 is 1.15 bits per heavy atom. The Morgan fingerprint density at radius 3 is 1.92 bits per heavy atom. The molecule has 0 fully saturated rings. The summed E-state index contributed by atoms with van der Waals surface area (Å²) in [4.78, 5) is 9.00. The summed E-state index contributed by atoms with van der Waals surface area (Å²) in [6.45, 7) is 7.48. The van der Waals surface area contributed by atoms with E-state index in [1.807, 2.05) is 0 Å². The average Bonchev–Trinajstić information content (AvgIpc) is 1.96. The molecule has 0 saturated carbocycles. The van der Waals surface area contributed by atoms with E-state index in [2.05, 4.69) is 39.0 Å². The zero-order valence-corrected chi connectivity index (χ0v) is 8.59. The largest absolute Gasteiger partial charge is 0.481 e. The van der Waals surface area contributed by atoms with Crippen molar-refractivity contribution in [3.63, 3.8) is 0 Å². The fourth-order valence-electron chi connectivity index (χ4n) is 0.891. The van der Waals surface area contributed by atoms with Crippen LogP contribution in [0.1, 0.15) is 23.6 Å². The first kappa shape index (κ1) is 11.7. The fourth-order valence-corrected chi connectivity index (χ4v) is 0.891. The second-order valence-electron chi connectivity index (χ2n) is 3.11. The molecule has 0 aliphatic heterocycles. The smallest absolute Gasteiger partial charge is 0.300 e. The summed E-state index contributed by atoms with van der Waals surface area (Å²) < 4.78 is 0. The second-order valence-corrected chi connectivity index (χ2v) is 3.11. The van der Waals surface area contributed by atoms with Gasteiger partial charge in [-0.15, -0.1) is 0 Å². The summed E-state index contributed by atoms with van der Waals surface area (Å²) in [5, 5.41) is 7.42.